The van der Waals surface area contributed by atoms with Gasteiger partial charge in [0.25, 0.3) is 0 Å². The molecule has 0 aromatic heterocycles. The van der Waals surface area contributed by atoms with Crippen molar-refractivity contribution >= 4 is 24.0 Å². The monoisotopic (exact) mass is 302 g/mol. The molecule has 3 N–H and O–H groups in total. The van der Waals surface area contributed by atoms with Crippen LogP contribution in [-0.2, 0) is 9.53 Å². The second kappa shape index (κ2) is 9.58. The summed E-state index contributed by atoms with van der Waals surface area (Å²) in [4.78, 5) is 11.8. The first-order chi connectivity index (χ1) is 9.04. The molecule has 0 aliphatic carbocycles. The standard InChI is InChI=1S/C14H22N2O3.ClH/c1-10(2)13(15)14(17)16-11-4-6-12(7-5-11)19-9-8-18-3;/h4-7,10,13H,8-9,15H2,1-3H3,(H,16,17);1H. The molecule has 0 saturated heterocycles. The van der Waals surface area contributed by atoms with Gasteiger partial charge < -0.3 is 20.5 Å². The number of hydrogen-bond acceptors (Lipinski definition) is 4. The number of hydrogen-bond donors (Lipinski definition) is 2. The Morgan fingerprint density at radius 3 is 2.35 bits per heavy atom. The first-order valence-electron chi connectivity index (χ1n) is 6.33. The summed E-state index contributed by atoms with van der Waals surface area (Å²) in [6.07, 6.45) is 0. The van der Waals surface area contributed by atoms with Crippen LogP contribution < -0.4 is 15.8 Å². The summed E-state index contributed by atoms with van der Waals surface area (Å²) in [5.41, 5.74) is 6.48. The molecule has 1 rings (SSSR count). The molecule has 1 aromatic carbocycles. The minimum Gasteiger partial charge on any atom is -0.491 e. The molecule has 6 heteroatoms. The number of methoxy groups -OCH3 is 1. The molecule has 5 nitrogen and oxygen atoms in total. The van der Waals surface area contributed by atoms with E-state index in [1.165, 1.54) is 0 Å². The van der Waals surface area contributed by atoms with E-state index in [0.29, 0.717) is 18.9 Å². The molecule has 0 bridgehead atoms. The molecule has 0 heterocycles. The van der Waals surface area contributed by atoms with E-state index in [0.717, 1.165) is 5.75 Å². The summed E-state index contributed by atoms with van der Waals surface area (Å²) in [5.74, 6) is 0.669. The number of carbonyl (C=O) groups is 1. The fourth-order valence-electron chi connectivity index (χ4n) is 1.41. The van der Waals surface area contributed by atoms with Gasteiger partial charge in [0.2, 0.25) is 5.91 Å². The Hall–Kier alpha value is -1.30. The lowest BCUT2D eigenvalue weighted by atomic mass is 10.1. The van der Waals surface area contributed by atoms with Crippen molar-refractivity contribution in [3.05, 3.63) is 24.3 Å². The third-order valence-electron chi connectivity index (χ3n) is 2.70. The second-order valence-corrected chi connectivity index (χ2v) is 4.62. The maximum Gasteiger partial charge on any atom is 0.241 e. The number of ether oxygens (including phenoxy) is 2. The minimum absolute atomic E-state index is 0. The molecule has 1 atom stereocenters. The van der Waals surface area contributed by atoms with Gasteiger partial charge in [-0.05, 0) is 30.2 Å². The molecule has 114 valence electrons. The van der Waals surface area contributed by atoms with Crippen LogP contribution in [0.2, 0.25) is 0 Å². The number of nitrogens with two attached hydrogens (primary N) is 1. The highest BCUT2D eigenvalue weighted by Gasteiger charge is 2.16. The van der Waals surface area contributed by atoms with Crippen LogP contribution in [0.3, 0.4) is 0 Å². The summed E-state index contributed by atoms with van der Waals surface area (Å²) in [5, 5.41) is 2.77. The zero-order chi connectivity index (χ0) is 14.3. The lowest BCUT2D eigenvalue weighted by Crippen LogP contribution is -2.39. The fraction of sp³-hybridized carbons (Fsp3) is 0.500. The Morgan fingerprint density at radius 1 is 1.25 bits per heavy atom. The number of carbonyl (C=O) groups excluding carboxylic acids is 1. The molecular formula is C14H23ClN2O3. The SMILES string of the molecule is COCCOc1ccc(NC(=O)C(N)C(C)C)cc1.Cl. The summed E-state index contributed by atoms with van der Waals surface area (Å²) in [7, 11) is 1.62. The van der Waals surface area contributed by atoms with Crippen molar-refractivity contribution in [1.82, 2.24) is 0 Å². The van der Waals surface area contributed by atoms with Crippen LogP contribution in [0, 0.1) is 5.92 Å². The van der Waals surface area contributed by atoms with Crippen molar-refractivity contribution in [3.8, 4) is 5.75 Å². The van der Waals surface area contributed by atoms with E-state index in [1.807, 2.05) is 13.8 Å². The van der Waals surface area contributed by atoms with Gasteiger partial charge in [0.05, 0.1) is 12.6 Å². The lowest BCUT2D eigenvalue weighted by molar-refractivity contribution is -0.118. The van der Waals surface area contributed by atoms with Crippen molar-refractivity contribution in [2.24, 2.45) is 11.7 Å². The molecule has 0 spiro atoms. The molecule has 1 aromatic rings. The van der Waals surface area contributed by atoms with Gasteiger partial charge >= 0.3 is 0 Å². The van der Waals surface area contributed by atoms with Gasteiger partial charge in [-0.15, -0.1) is 12.4 Å². The van der Waals surface area contributed by atoms with E-state index in [2.05, 4.69) is 5.32 Å². The maximum absolute atomic E-state index is 11.8. The molecule has 0 radical (unpaired) electrons. The number of amides is 1. The van der Waals surface area contributed by atoms with Crippen molar-refractivity contribution in [2.45, 2.75) is 19.9 Å². The quantitative estimate of drug-likeness (QED) is 0.756. The van der Waals surface area contributed by atoms with Gasteiger partial charge in [-0.25, -0.2) is 0 Å². The maximum atomic E-state index is 11.8. The highest BCUT2D eigenvalue weighted by atomic mass is 35.5. The molecule has 0 aliphatic heterocycles. The molecule has 20 heavy (non-hydrogen) atoms. The lowest BCUT2D eigenvalue weighted by Gasteiger charge is -2.15. The summed E-state index contributed by atoms with van der Waals surface area (Å²) >= 11 is 0. The third kappa shape index (κ3) is 6.23. The summed E-state index contributed by atoms with van der Waals surface area (Å²) < 4.78 is 10.3. The third-order valence-corrected chi connectivity index (χ3v) is 2.70. The zero-order valence-corrected chi connectivity index (χ0v) is 12.9. The van der Waals surface area contributed by atoms with Gasteiger partial charge in [0.1, 0.15) is 12.4 Å². The van der Waals surface area contributed by atoms with Crippen molar-refractivity contribution in [2.75, 3.05) is 25.6 Å². The summed E-state index contributed by atoms with van der Waals surface area (Å²) in [6.45, 7) is 4.87. The molecular weight excluding hydrogens is 280 g/mol. The molecule has 0 saturated carbocycles. The van der Waals surface area contributed by atoms with Crippen LogP contribution in [0.1, 0.15) is 13.8 Å². The number of rotatable bonds is 7. The van der Waals surface area contributed by atoms with Crippen LogP contribution in [0.5, 0.6) is 5.75 Å². The Kier molecular flexibility index (Phi) is 8.96. The van der Waals surface area contributed by atoms with E-state index in [9.17, 15) is 4.79 Å². The Morgan fingerprint density at radius 2 is 1.85 bits per heavy atom. The van der Waals surface area contributed by atoms with E-state index in [1.54, 1.807) is 31.4 Å². The van der Waals surface area contributed by atoms with Gasteiger partial charge in [0, 0.05) is 12.8 Å². The first-order valence-corrected chi connectivity index (χ1v) is 6.33. The van der Waals surface area contributed by atoms with Crippen molar-refractivity contribution < 1.29 is 14.3 Å². The average molecular weight is 303 g/mol. The Bertz CT molecular complexity index is 396. The Balaban J connectivity index is 0.00000361. The van der Waals surface area contributed by atoms with Crippen LogP contribution >= 0.6 is 12.4 Å². The number of halogens is 1. The normalized spacial score (nSPS) is 11.7. The number of nitrogens with one attached hydrogen (secondary N) is 1. The Labute approximate surface area is 126 Å². The number of benzene rings is 1. The summed E-state index contributed by atoms with van der Waals surface area (Å²) in [6, 6.07) is 6.66. The second-order valence-electron chi connectivity index (χ2n) is 4.62. The van der Waals surface area contributed by atoms with Gasteiger partial charge in [0.15, 0.2) is 0 Å². The smallest absolute Gasteiger partial charge is 0.241 e. The highest BCUT2D eigenvalue weighted by Crippen LogP contribution is 2.16. The van der Waals surface area contributed by atoms with Crippen molar-refractivity contribution in [1.29, 1.82) is 0 Å². The molecule has 0 fully saturated rings. The van der Waals surface area contributed by atoms with E-state index < -0.39 is 6.04 Å². The fourth-order valence-corrected chi connectivity index (χ4v) is 1.41. The molecule has 0 aliphatic rings. The van der Waals surface area contributed by atoms with E-state index >= 15 is 0 Å². The van der Waals surface area contributed by atoms with E-state index in [4.69, 9.17) is 15.2 Å². The van der Waals surface area contributed by atoms with Crippen molar-refractivity contribution in [3.63, 3.8) is 0 Å². The van der Waals surface area contributed by atoms with Crippen LogP contribution in [0.25, 0.3) is 0 Å². The van der Waals surface area contributed by atoms with Gasteiger partial charge in [-0.1, -0.05) is 13.8 Å². The van der Waals surface area contributed by atoms with Gasteiger partial charge in [-0.2, -0.15) is 0 Å². The zero-order valence-electron chi connectivity index (χ0n) is 12.1. The predicted octanol–water partition coefficient (Wildman–Crippen LogP) is 2.06. The van der Waals surface area contributed by atoms with Crippen LogP contribution in [0.4, 0.5) is 5.69 Å². The first kappa shape index (κ1) is 18.7. The molecule has 1 amide bonds. The van der Waals surface area contributed by atoms with Crippen LogP contribution in [0.15, 0.2) is 24.3 Å². The number of anilines is 1. The topological polar surface area (TPSA) is 73.6 Å². The average Bonchev–Trinajstić information content (AvgIpc) is 2.40. The van der Waals surface area contributed by atoms with E-state index in [-0.39, 0.29) is 24.2 Å². The minimum atomic E-state index is -0.502. The highest BCUT2D eigenvalue weighted by molar-refractivity contribution is 5.94. The predicted molar refractivity (Wildman–Crippen MR) is 82.5 cm³/mol. The largest absolute Gasteiger partial charge is 0.491 e. The van der Waals surface area contributed by atoms with Gasteiger partial charge in [-0.3, -0.25) is 4.79 Å². The molecule has 1 unspecified atom stereocenters. The van der Waals surface area contributed by atoms with Crippen LogP contribution in [-0.4, -0.2) is 32.3 Å².